The molecule has 0 N–H and O–H groups in total. The number of carbonyl (C=O) groups excluding carboxylic acids is 2. The van der Waals surface area contributed by atoms with Gasteiger partial charge in [-0.15, -0.1) is 11.8 Å². The van der Waals surface area contributed by atoms with Crippen LogP contribution in [0.15, 0.2) is 47.1 Å². The van der Waals surface area contributed by atoms with Gasteiger partial charge in [-0.05, 0) is 37.1 Å². The van der Waals surface area contributed by atoms with Gasteiger partial charge in [-0.1, -0.05) is 12.1 Å². The fraction of sp³-hybridized carbons (Fsp3) is 0.368. The first-order chi connectivity index (χ1) is 12.6. The number of likely N-dealkylation sites (tertiary alicyclic amines) is 1. The summed E-state index contributed by atoms with van der Waals surface area (Å²) in [6.45, 7) is 1.70. The molecule has 2 fully saturated rings. The highest BCUT2D eigenvalue weighted by Crippen LogP contribution is 2.44. The van der Waals surface area contributed by atoms with Crippen molar-refractivity contribution in [2.75, 3.05) is 25.4 Å². The van der Waals surface area contributed by atoms with E-state index in [9.17, 15) is 14.0 Å². The third-order valence-electron chi connectivity index (χ3n) is 5.09. The predicted molar refractivity (Wildman–Crippen MR) is 96.5 cm³/mol. The van der Waals surface area contributed by atoms with E-state index in [1.807, 2.05) is 0 Å². The zero-order valence-corrected chi connectivity index (χ0v) is 15.0. The first-order valence-electron chi connectivity index (χ1n) is 8.64. The lowest BCUT2D eigenvalue weighted by atomic mass is 10.0. The molecule has 1 aromatic carbocycles. The quantitative estimate of drug-likeness (QED) is 0.810. The topological polar surface area (TPSA) is 53.8 Å². The maximum Gasteiger partial charge on any atom is 0.289 e. The highest BCUT2D eigenvalue weighted by atomic mass is 32.2. The Labute approximate surface area is 155 Å². The molecule has 2 saturated heterocycles. The summed E-state index contributed by atoms with van der Waals surface area (Å²) in [5, 5.41) is 0. The van der Waals surface area contributed by atoms with Crippen LogP contribution >= 0.6 is 11.8 Å². The summed E-state index contributed by atoms with van der Waals surface area (Å²) < 4.78 is 19.2. The van der Waals surface area contributed by atoms with E-state index in [1.165, 1.54) is 18.4 Å². The number of hydrogen-bond acceptors (Lipinski definition) is 4. The van der Waals surface area contributed by atoms with Gasteiger partial charge in [0.2, 0.25) is 0 Å². The highest BCUT2D eigenvalue weighted by Gasteiger charge is 2.47. The molecule has 0 unspecified atom stereocenters. The zero-order chi connectivity index (χ0) is 18.1. The Morgan fingerprint density at radius 2 is 1.81 bits per heavy atom. The van der Waals surface area contributed by atoms with Gasteiger partial charge in [-0.25, -0.2) is 4.39 Å². The van der Waals surface area contributed by atoms with Crippen LogP contribution in [0.1, 0.15) is 33.8 Å². The van der Waals surface area contributed by atoms with Crippen LogP contribution in [0.4, 0.5) is 4.39 Å². The summed E-state index contributed by atoms with van der Waals surface area (Å²) in [6, 6.07) is 9.46. The molecule has 0 radical (unpaired) electrons. The molecule has 4 rings (SSSR count). The minimum Gasteiger partial charge on any atom is -0.459 e. The number of carbonyl (C=O) groups is 2. The largest absolute Gasteiger partial charge is 0.459 e. The van der Waals surface area contributed by atoms with Crippen molar-refractivity contribution in [3.63, 3.8) is 0 Å². The second-order valence-corrected chi connectivity index (χ2v) is 7.96. The number of rotatable bonds is 2. The van der Waals surface area contributed by atoms with E-state index in [4.69, 9.17) is 4.42 Å². The Hall–Kier alpha value is -2.28. The number of thioether (sulfide) groups is 1. The lowest BCUT2D eigenvalue weighted by Crippen LogP contribution is -2.53. The van der Waals surface area contributed by atoms with Crippen LogP contribution in [0.5, 0.6) is 0 Å². The van der Waals surface area contributed by atoms with Crippen molar-refractivity contribution in [2.24, 2.45) is 0 Å². The maximum absolute atomic E-state index is 14.1. The minimum absolute atomic E-state index is 0.114. The van der Waals surface area contributed by atoms with Crippen LogP contribution in [0.3, 0.4) is 0 Å². The Morgan fingerprint density at radius 3 is 2.50 bits per heavy atom. The molecule has 1 aromatic heterocycles. The Balaban J connectivity index is 1.49. The molecule has 3 heterocycles. The third-order valence-corrected chi connectivity index (χ3v) is 6.64. The summed E-state index contributed by atoms with van der Waals surface area (Å²) in [4.78, 5) is 28.6. The fourth-order valence-corrected chi connectivity index (χ4v) is 5.16. The summed E-state index contributed by atoms with van der Waals surface area (Å²) in [5.74, 6) is 0.278. The Kier molecular flexibility index (Phi) is 4.48. The molecule has 136 valence electrons. The molecule has 2 aromatic rings. The Bertz CT molecular complexity index is 816. The van der Waals surface area contributed by atoms with Crippen molar-refractivity contribution in [3.8, 4) is 0 Å². The van der Waals surface area contributed by atoms with E-state index < -0.39 is 5.82 Å². The standard InChI is InChI=1S/C19H19FN2O3S/c20-15-5-2-1-4-14(15)17(23)22-11-13-26-19(22)7-9-21(10-8-19)18(24)16-6-3-12-25-16/h1-6,12H,7-11,13H2. The molecule has 7 heteroatoms. The van der Waals surface area contributed by atoms with Gasteiger partial charge >= 0.3 is 0 Å². The molecule has 0 atom stereocenters. The number of nitrogens with zero attached hydrogens (tertiary/aromatic N) is 2. The van der Waals surface area contributed by atoms with Gasteiger partial charge in [0.15, 0.2) is 5.76 Å². The monoisotopic (exact) mass is 374 g/mol. The van der Waals surface area contributed by atoms with Crippen LogP contribution in [-0.2, 0) is 0 Å². The van der Waals surface area contributed by atoms with Gasteiger partial charge < -0.3 is 14.2 Å². The van der Waals surface area contributed by atoms with Gasteiger partial charge in [0.1, 0.15) is 5.82 Å². The normalized spacial score (nSPS) is 19.1. The van der Waals surface area contributed by atoms with E-state index in [0.717, 1.165) is 5.75 Å². The van der Waals surface area contributed by atoms with Gasteiger partial charge in [0.25, 0.3) is 11.8 Å². The van der Waals surface area contributed by atoms with Crippen molar-refractivity contribution < 1.29 is 18.4 Å². The minimum atomic E-state index is -0.491. The molecule has 2 aliphatic heterocycles. The maximum atomic E-state index is 14.1. The van der Waals surface area contributed by atoms with E-state index in [2.05, 4.69) is 0 Å². The van der Waals surface area contributed by atoms with Crippen LogP contribution in [0, 0.1) is 5.82 Å². The molecule has 2 aliphatic rings. The smallest absolute Gasteiger partial charge is 0.289 e. The van der Waals surface area contributed by atoms with Crippen molar-refractivity contribution in [1.29, 1.82) is 0 Å². The third kappa shape index (κ3) is 2.90. The van der Waals surface area contributed by atoms with Crippen molar-refractivity contribution in [3.05, 3.63) is 59.8 Å². The second-order valence-electron chi connectivity index (χ2n) is 6.50. The molecule has 2 amide bonds. The zero-order valence-electron chi connectivity index (χ0n) is 14.2. The highest BCUT2D eigenvalue weighted by molar-refractivity contribution is 8.00. The summed E-state index contributed by atoms with van der Waals surface area (Å²) in [7, 11) is 0. The van der Waals surface area contributed by atoms with Crippen LogP contribution in [-0.4, -0.2) is 51.9 Å². The van der Waals surface area contributed by atoms with Gasteiger partial charge in [-0.2, -0.15) is 0 Å². The summed E-state index contributed by atoms with van der Waals surface area (Å²) >= 11 is 1.74. The van der Waals surface area contributed by atoms with E-state index in [1.54, 1.807) is 45.8 Å². The van der Waals surface area contributed by atoms with Crippen LogP contribution < -0.4 is 0 Å². The second kappa shape index (κ2) is 6.79. The first-order valence-corrected chi connectivity index (χ1v) is 9.62. The summed E-state index contributed by atoms with van der Waals surface area (Å²) in [5.41, 5.74) is 0.114. The number of piperidine rings is 1. The predicted octanol–water partition coefficient (Wildman–Crippen LogP) is 3.24. The van der Waals surface area contributed by atoms with E-state index in [-0.39, 0.29) is 22.2 Å². The molecule has 0 saturated carbocycles. The fourth-order valence-electron chi connectivity index (χ4n) is 3.70. The van der Waals surface area contributed by atoms with Gasteiger partial charge in [-0.3, -0.25) is 9.59 Å². The lowest BCUT2D eigenvalue weighted by Gasteiger charge is -2.44. The van der Waals surface area contributed by atoms with Crippen molar-refractivity contribution in [2.45, 2.75) is 17.7 Å². The lowest BCUT2D eigenvalue weighted by molar-refractivity contribution is 0.0481. The first kappa shape index (κ1) is 17.1. The van der Waals surface area contributed by atoms with Gasteiger partial charge in [0, 0.05) is 25.4 Å². The van der Waals surface area contributed by atoms with E-state index >= 15 is 0 Å². The number of amides is 2. The number of hydrogen-bond donors (Lipinski definition) is 0. The molecule has 26 heavy (non-hydrogen) atoms. The number of furan rings is 1. The van der Waals surface area contributed by atoms with Crippen LogP contribution in [0.2, 0.25) is 0 Å². The van der Waals surface area contributed by atoms with Crippen molar-refractivity contribution in [1.82, 2.24) is 9.80 Å². The van der Waals surface area contributed by atoms with Gasteiger partial charge in [0.05, 0.1) is 16.7 Å². The molecular formula is C19H19FN2O3S. The van der Waals surface area contributed by atoms with Crippen LogP contribution in [0.25, 0.3) is 0 Å². The molecular weight excluding hydrogens is 355 g/mol. The molecule has 5 nitrogen and oxygen atoms in total. The average Bonchev–Trinajstić information content (AvgIpc) is 3.32. The molecule has 1 spiro atoms. The van der Waals surface area contributed by atoms with E-state index in [0.29, 0.717) is 38.2 Å². The molecule has 0 aliphatic carbocycles. The summed E-state index contributed by atoms with van der Waals surface area (Å²) in [6.07, 6.45) is 2.83. The Morgan fingerprint density at radius 1 is 1.04 bits per heavy atom. The molecule has 0 bridgehead atoms. The van der Waals surface area contributed by atoms with Crippen molar-refractivity contribution >= 4 is 23.6 Å². The number of halogens is 1. The number of benzene rings is 1. The SMILES string of the molecule is O=C(c1ccco1)N1CCC2(CC1)SCCN2C(=O)c1ccccc1F. The average molecular weight is 374 g/mol.